The van der Waals surface area contributed by atoms with E-state index in [0.29, 0.717) is 15.0 Å². The fourth-order valence-electron chi connectivity index (χ4n) is 1.52. The van der Waals surface area contributed by atoms with Gasteiger partial charge in [0.05, 0.1) is 0 Å². The third-order valence-corrected chi connectivity index (χ3v) is 5.31. The quantitative estimate of drug-likeness (QED) is 0.455. The molecule has 1 aliphatic heterocycles. The van der Waals surface area contributed by atoms with Crippen LogP contribution in [0, 0.1) is 6.92 Å². The number of rotatable bonds is 0. The molecule has 2 rings (SSSR count). The Kier molecular flexibility index (Phi) is 1.80. The van der Waals surface area contributed by atoms with Gasteiger partial charge in [-0.1, -0.05) is 0 Å². The van der Waals surface area contributed by atoms with Gasteiger partial charge >= 0.3 is 79.8 Å². The molecule has 0 radical (unpaired) electrons. The second kappa shape index (κ2) is 2.59. The van der Waals surface area contributed by atoms with Crippen molar-refractivity contribution in [2.45, 2.75) is 6.92 Å². The molecule has 0 saturated carbocycles. The number of benzene rings is 1. The second-order valence-corrected chi connectivity index (χ2v) is 6.00. The van der Waals surface area contributed by atoms with Crippen LogP contribution in [0.1, 0.15) is 5.56 Å². The van der Waals surface area contributed by atoms with Crippen LogP contribution in [-0.4, -0.2) is 34.5 Å². The Morgan fingerprint density at radius 2 is 2.08 bits per heavy atom. The van der Waals surface area contributed by atoms with Gasteiger partial charge in [0.15, 0.2) is 0 Å². The monoisotopic (exact) mass is 228 g/mol. The first kappa shape index (κ1) is 8.30. The van der Waals surface area contributed by atoms with E-state index in [9.17, 15) is 0 Å². The number of quaternary nitrogens is 1. The van der Waals surface area contributed by atoms with Crippen LogP contribution >= 0.6 is 0 Å². The fraction of sp³-hybridized carbons (Fsp3) is 0.400. The Morgan fingerprint density at radius 3 is 2.83 bits per heavy atom. The Balaban J connectivity index is 2.57. The molecule has 0 aliphatic carbocycles. The summed E-state index contributed by atoms with van der Waals surface area (Å²) in [6.45, 7) is 2.17. The van der Waals surface area contributed by atoms with Gasteiger partial charge in [0, 0.05) is 0 Å². The summed E-state index contributed by atoms with van der Waals surface area (Å²) in [5.41, 5.74) is 4.24. The number of hydrogen-bond acceptors (Lipinski definition) is 0. The molecule has 1 aliphatic rings. The topological polar surface area (TPSA) is 0 Å². The molecule has 0 unspecified atom stereocenters. The van der Waals surface area contributed by atoms with Gasteiger partial charge in [-0.05, 0) is 0 Å². The van der Waals surface area contributed by atoms with Crippen molar-refractivity contribution in [3.05, 3.63) is 23.8 Å². The molecular weight excluding hydrogens is 213 g/mol. The normalized spacial score (nSPS) is 19.2. The number of aryl methyl sites for hydroxylation is 1. The first-order valence-corrected chi connectivity index (χ1v) is 6.23. The van der Waals surface area contributed by atoms with Crippen molar-refractivity contribution in [1.82, 2.24) is 4.48 Å². The van der Waals surface area contributed by atoms with Gasteiger partial charge in [0.1, 0.15) is 0 Å². The maximum absolute atomic E-state index is 2.34. The minimum atomic E-state index is 0.701. The van der Waals surface area contributed by atoms with Crippen LogP contribution < -0.4 is 8.94 Å². The fourth-order valence-corrected chi connectivity index (χ4v) is 4.08. The third kappa shape index (κ3) is 1.20. The molecule has 0 aromatic heterocycles. The summed E-state index contributed by atoms with van der Waals surface area (Å²) in [6, 6.07) is 6.87. The molecule has 12 heavy (non-hydrogen) atoms. The van der Waals surface area contributed by atoms with Gasteiger partial charge in [0.25, 0.3) is 0 Å². The van der Waals surface area contributed by atoms with Crippen LogP contribution in [-0.2, 0) is 0 Å². The summed E-state index contributed by atoms with van der Waals surface area (Å²) in [7, 11) is 4.60. The van der Waals surface area contributed by atoms with Crippen LogP contribution in [0.3, 0.4) is 0 Å². The van der Waals surface area contributed by atoms with E-state index in [-0.39, 0.29) is 0 Å². The minimum absolute atomic E-state index is 0.701. The summed E-state index contributed by atoms with van der Waals surface area (Å²) >= 11 is 0.701. The summed E-state index contributed by atoms with van der Waals surface area (Å²) in [5.74, 6) is 0. The number of fused-ring (bicyclic) bond motifs is 1. The Morgan fingerprint density at radius 1 is 1.33 bits per heavy atom. The van der Waals surface area contributed by atoms with Crippen molar-refractivity contribution in [2.75, 3.05) is 19.5 Å². The Bertz CT molecular complexity index is 318. The van der Waals surface area contributed by atoms with Gasteiger partial charge in [-0.2, -0.15) is 0 Å². The van der Waals surface area contributed by atoms with Crippen molar-refractivity contribution in [1.29, 1.82) is 0 Å². The average molecular weight is 227 g/mol. The van der Waals surface area contributed by atoms with Crippen LogP contribution in [0.4, 0.5) is 5.69 Å². The second-order valence-electron chi connectivity index (χ2n) is 3.93. The van der Waals surface area contributed by atoms with Crippen molar-refractivity contribution in [3.63, 3.8) is 0 Å². The SMILES string of the molecule is Cc1ccc2c(c1)[N+](C)(C)C[Se]2. The molecule has 0 spiro atoms. The molecular formula is C10H14NSe+. The molecule has 0 bridgehead atoms. The van der Waals surface area contributed by atoms with E-state index in [0.717, 1.165) is 4.48 Å². The molecule has 2 heteroatoms. The van der Waals surface area contributed by atoms with Crippen molar-refractivity contribution in [3.8, 4) is 0 Å². The molecule has 0 atom stereocenters. The Labute approximate surface area is 80.1 Å². The van der Waals surface area contributed by atoms with Crippen LogP contribution in [0.15, 0.2) is 18.2 Å². The molecule has 0 fully saturated rings. The molecule has 64 valence electrons. The standard InChI is InChI=1S/C10H14NSe/c1-8-4-5-10-9(6-8)11(2,3)7-12-10/h4-6H,7H2,1-3H3/q+1. The van der Waals surface area contributed by atoms with E-state index in [2.05, 4.69) is 39.2 Å². The number of nitrogens with zero attached hydrogens (tertiary/aromatic N) is 1. The van der Waals surface area contributed by atoms with Crippen LogP contribution in [0.2, 0.25) is 0 Å². The van der Waals surface area contributed by atoms with Crippen LogP contribution in [0.5, 0.6) is 0 Å². The summed E-state index contributed by atoms with van der Waals surface area (Å²) in [4.78, 5) is 0. The third-order valence-electron chi connectivity index (χ3n) is 2.31. The summed E-state index contributed by atoms with van der Waals surface area (Å²) in [5, 5.41) is 0. The zero-order chi connectivity index (χ0) is 8.77. The van der Waals surface area contributed by atoms with Crippen LogP contribution in [0.25, 0.3) is 0 Å². The molecule has 1 nitrogen and oxygen atoms in total. The molecule has 0 saturated heterocycles. The number of hydrogen-bond donors (Lipinski definition) is 0. The molecule has 0 N–H and O–H groups in total. The first-order chi connectivity index (χ1) is 5.59. The average Bonchev–Trinajstić information content (AvgIpc) is 2.28. The predicted molar refractivity (Wildman–Crippen MR) is 55.1 cm³/mol. The Hall–Kier alpha value is -0.301. The van der Waals surface area contributed by atoms with Crippen molar-refractivity contribution in [2.24, 2.45) is 0 Å². The zero-order valence-electron chi connectivity index (χ0n) is 7.79. The van der Waals surface area contributed by atoms with E-state index >= 15 is 0 Å². The van der Waals surface area contributed by atoms with Gasteiger partial charge in [0.2, 0.25) is 0 Å². The van der Waals surface area contributed by atoms with Gasteiger partial charge in [-0.25, -0.2) is 0 Å². The molecule has 1 aromatic carbocycles. The zero-order valence-corrected chi connectivity index (χ0v) is 9.51. The summed E-state index contributed by atoms with van der Waals surface area (Å²) in [6.07, 6.45) is 0. The van der Waals surface area contributed by atoms with E-state index in [4.69, 9.17) is 0 Å². The molecule has 1 heterocycles. The van der Waals surface area contributed by atoms with Gasteiger partial charge < -0.3 is 0 Å². The van der Waals surface area contributed by atoms with E-state index in [1.807, 2.05) is 0 Å². The van der Waals surface area contributed by atoms with Gasteiger partial charge in [-0.15, -0.1) is 0 Å². The van der Waals surface area contributed by atoms with Crippen molar-refractivity contribution >= 4 is 25.1 Å². The maximum atomic E-state index is 2.34. The van der Waals surface area contributed by atoms with E-state index in [1.54, 1.807) is 4.46 Å². The molecule has 0 amide bonds. The van der Waals surface area contributed by atoms with Crippen molar-refractivity contribution < 1.29 is 0 Å². The van der Waals surface area contributed by atoms with E-state index in [1.165, 1.54) is 16.7 Å². The van der Waals surface area contributed by atoms with Gasteiger partial charge in [-0.3, -0.25) is 0 Å². The molecule has 1 aromatic rings. The first-order valence-electron chi connectivity index (χ1n) is 4.17. The predicted octanol–water partition coefficient (Wildman–Crippen LogP) is 0.863. The summed E-state index contributed by atoms with van der Waals surface area (Å²) < 4.78 is 2.68. The van der Waals surface area contributed by atoms with E-state index < -0.39 is 0 Å².